The molecule has 0 spiro atoms. The van der Waals surface area contributed by atoms with E-state index in [-0.39, 0.29) is 17.6 Å². The van der Waals surface area contributed by atoms with E-state index in [1.165, 1.54) is 12.1 Å². The molecule has 0 aliphatic carbocycles. The molecule has 1 atom stereocenters. The van der Waals surface area contributed by atoms with Crippen LogP contribution >= 0.6 is 0 Å². The summed E-state index contributed by atoms with van der Waals surface area (Å²) in [5.74, 6) is 0.188. The monoisotopic (exact) mass is 544 g/mol. The number of halogens is 1. The molecule has 0 radical (unpaired) electrons. The van der Waals surface area contributed by atoms with Crippen molar-refractivity contribution in [2.75, 3.05) is 31.8 Å². The van der Waals surface area contributed by atoms with Gasteiger partial charge in [0.2, 0.25) is 0 Å². The van der Waals surface area contributed by atoms with Crippen molar-refractivity contribution in [3.05, 3.63) is 83.9 Å². The second-order valence-corrected chi connectivity index (χ2v) is 11.5. The summed E-state index contributed by atoms with van der Waals surface area (Å²) in [6.45, 7) is 1.73. The molecule has 1 unspecified atom stereocenters. The molecule has 2 aromatic heterocycles. The number of rotatable bonds is 7. The number of aromatic nitrogens is 3. The lowest BCUT2D eigenvalue weighted by Gasteiger charge is -2.26. The molecule has 1 amide bonds. The molecule has 3 heterocycles. The van der Waals surface area contributed by atoms with Gasteiger partial charge >= 0.3 is 0 Å². The molecule has 200 valence electrons. The van der Waals surface area contributed by atoms with Gasteiger partial charge in [0, 0.05) is 52.4 Å². The molecule has 5 aromatic rings. The summed E-state index contributed by atoms with van der Waals surface area (Å²) >= 11 is -0.962. The molecule has 2 N–H and O–H groups in total. The molecule has 3 aromatic carbocycles. The van der Waals surface area contributed by atoms with Crippen molar-refractivity contribution in [2.45, 2.75) is 18.8 Å². The SMILES string of the molecule is C[S+]([O-])CCNC(=O)c1ccc(-c2c(C3CCOCC3)n(-c3ccc(F)cc3)c3cc4cn[nH]c4cc23)cc1. The zero-order valence-electron chi connectivity index (χ0n) is 21.6. The Kier molecular flexibility index (Phi) is 7.12. The van der Waals surface area contributed by atoms with Crippen LogP contribution in [0.25, 0.3) is 38.6 Å². The van der Waals surface area contributed by atoms with Crippen LogP contribution in [0.4, 0.5) is 4.39 Å². The second-order valence-electron chi connectivity index (χ2n) is 9.90. The summed E-state index contributed by atoms with van der Waals surface area (Å²) < 4.78 is 33.2. The van der Waals surface area contributed by atoms with Gasteiger partial charge in [0.25, 0.3) is 5.91 Å². The minimum Gasteiger partial charge on any atom is -0.617 e. The van der Waals surface area contributed by atoms with Crippen LogP contribution in [0.1, 0.15) is 34.8 Å². The molecule has 39 heavy (non-hydrogen) atoms. The third kappa shape index (κ3) is 5.05. The van der Waals surface area contributed by atoms with Crippen molar-refractivity contribution in [3.63, 3.8) is 0 Å². The van der Waals surface area contributed by atoms with Gasteiger partial charge in [0.05, 0.1) is 30.0 Å². The molecule has 1 saturated heterocycles. The van der Waals surface area contributed by atoms with Crippen LogP contribution in [0.2, 0.25) is 0 Å². The number of carbonyl (C=O) groups excluding carboxylic acids is 1. The Morgan fingerprint density at radius 1 is 1.15 bits per heavy atom. The Bertz CT molecular complexity index is 1620. The van der Waals surface area contributed by atoms with Crippen LogP contribution in [0.15, 0.2) is 66.9 Å². The van der Waals surface area contributed by atoms with Crippen molar-refractivity contribution in [3.8, 4) is 16.8 Å². The minimum absolute atomic E-state index is 0.190. The smallest absolute Gasteiger partial charge is 0.251 e. The van der Waals surface area contributed by atoms with Gasteiger partial charge in [-0.15, -0.1) is 0 Å². The summed E-state index contributed by atoms with van der Waals surface area (Å²) in [4.78, 5) is 12.7. The van der Waals surface area contributed by atoms with E-state index in [9.17, 15) is 13.7 Å². The fraction of sp³-hybridized carbons (Fsp3) is 0.267. The summed E-state index contributed by atoms with van der Waals surface area (Å²) in [6, 6.07) is 18.5. The Balaban J connectivity index is 1.53. The van der Waals surface area contributed by atoms with Gasteiger partial charge in [-0.25, -0.2) is 4.39 Å². The van der Waals surface area contributed by atoms with Gasteiger partial charge < -0.3 is 19.2 Å². The molecule has 1 fully saturated rings. The van der Waals surface area contributed by atoms with Crippen LogP contribution in [0.3, 0.4) is 0 Å². The average molecular weight is 545 g/mol. The van der Waals surface area contributed by atoms with E-state index in [2.05, 4.69) is 32.2 Å². The number of nitrogens with one attached hydrogen (secondary N) is 2. The highest BCUT2D eigenvalue weighted by Crippen LogP contribution is 2.44. The number of hydrogen-bond acceptors (Lipinski definition) is 4. The maximum atomic E-state index is 13.9. The molecule has 0 bridgehead atoms. The van der Waals surface area contributed by atoms with Crippen molar-refractivity contribution >= 4 is 38.9 Å². The van der Waals surface area contributed by atoms with Crippen LogP contribution in [0.5, 0.6) is 0 Å². The van der Waals surface area contributed by atoms with E-state index in [4.69, 9.17) is 4.74 Å². The number of hydrogen-bond donors (Lipinski definition) is 2. The summed E-state index contributed by atoms with van der Waals surface area (Å²) in [6.07, 6.45) is 5.19. The van der Waals surface area contributed by atoms with E-state index < -0.39 is 11.2 Å². The zero-order valence-corrected chi connectivity index (χ0v) is 22.4. The molecule has 9 heteroatoms. The average Bonchev–Trinajstić information content (AvgIpc) is 3.54. The number of amides is 1. The number of aromatic amines is 1. The number of benzene rings is 3. The largest absolute Gasteiger partial charge is 0.617 e. The van der Waals surface area contributed by atoms with Crippen molar-refractivity contribution in [2.24, 2.45) is 0 Å². The maximum absolute atomic E-state index is 13.9. The standard InChI is InChI=1S/C30H29FN4O3S/c1-39(37)15-12-32-30(36)21-4-2-19(3-5-21)28-25-17-26-22(18-33-34-26)16-27(25)35(24-8-6-23(31)7-9-24)29(28)20-10-13-38-14-11-20/h2-9,16-18,20H,10-15H2,1H3,(H,32,36)(H,33,34). The zero-order chi connectivity index (χ0) is 26.9. The first-order valence-electron chi connectivity index (χ1n) is 13.0. The number of H-pyrrole nitrogens is 1. The first-order chi connectivity index (χ1) is 19.0. The van der Waals surface area contributed by atoms with Gasteiger partial charge in [0.1, 0.15) is 11.6 Å². The summed E-state index contributed by atoms with van der Waals surface area (Å²) in [5, 5.41) is 12.2. The Morgan fingerprint density at radius 2 is 1.90 bits per heavy atom. The number of nitrogens with zero attached hydrogens (tertiary/aromatic N) is 2. The Morgan fingerprint density at radius 3 is 2.62 bits per heavy atom. The van der Waals surface area contributed by atoms with E-state index in [1.54, 1.807) is 6.26 Å². The number of fused-ring (bicyclic) bond motifs is 2. The van der Waals surface area contributed by atoms with Gasteiger partial charge in [-0.3, -0.25) is 9.89 Å². The van der Waals surface area contributed by atoms with Crippen molar-refractivity contribution < 1.29 is 18.5 Å². The van der Waals surface area contributed by atoms with Crippen LogP contribution < -0.4 is 5.32 Å². The number of ether oxygens (including phenoxy) is 1. The Hall–Kier alpha value is -3.66. The highest BCUT2D eigenvalue weighted by Gasteiger charge is 2.28. The highest BCUT2D eigenvalue weighted by molar-refractivity contribution is 7.90. The van der Waals surface area contributed by atoms with Crippen LogP contribution in [0, 0.1) is 5.82 Å². The molecule has 1 aliphatic rings. The van der Waals surface area contributed by atoms with E-state index in [0.717, 1.165) is 57.2 Å². The first-order valence-corrected chi connectivity index (χ1v) is 14.8. The van der Waals surface area contributed by atoms with Gasteiger partial charge in [-0.2, -0.15) is 5.10 Å². The van der Waals surface area contributed by atoms with E-state index in [0.29, 0.717) is 31.1 Å². The first kappa shape index (κ1) is 25.6. The molecule has 7 nitrogen and oxygen atoms in total. The summed E-state index contributed by atoms with van der Waals surface area (Å²) in [7, 11) is 0. The van der Waals surface area contributed by atoms with Crippen molar-refractivity contribution in [1.29, 1.82) is 0 Å². The number of carbonyl (C=O) groups is 1. The predicted octanol–water partition coefficient (Wildman–Crippen LogP) is 5.32. The molecular weight excluding hydrogens is 515 g/mol. The van der Waals surface area contributed by atoms with E-state index in [1.807, 2.05) is 42.6 Å². The highest BCUT2D eigenvalue weighted by atomic mass is 32.2. The summed E-state index contributed by atoms with van der Waals surface area (Å²) in [5.41, 5.74) is 6.62. The van der Waals surface area contributed by atoms with Gasteiger partial charge in [0.15, 0.2) is 0 Å². The van der Waals surface area contributed by atoms with E-state index >= 15 is 0 Å². The molecule has 6 rings (SSSR count). The molecule has 1 aliphatic heterocycles. The molecule has 0 saturated carbocycles. The van der Waals surface area contributed by atoms with Crippen LogP contribution in [-0.4, -0.2) is 57.0 Å². The normalized spacial score (nSPS) is 15.2. The van der Waals surface area contributed by atoms with Crippen LogP contribution in [-0.2, 0) is 15.9 Å². The Labute approximate surface area is 228 Å². The topological polar surface area (TPSA) is 95.0 Å². The third-order valence-corrected chi connectivity index (χ3v) is 8.15. The fourth-order valence-electron chi connectivity index (χ4n) is 5.47. The minimum atomic E-state index is -0.962. The lowest BCUT2D eigenvalue weighted by Crippen LogP contribution is -2.28. The van der Waals surface area contributed by atoms with Crippen molar-refractivity contribution in [1.82, 2.24) is 20.1 Å². The molecular formula is C30H29FN4O3S. The quantitative estimate of drug-likeness (QED) is 0.271. The lowest BCUT2D eigenvalue weighted by molar-refractivity contribution is 0.0843. The maximum Gasteiger partial charge on any atom is 0.251 e. The van der Waals surface area contributed by atoms with Gasteiger partial charge in [-0.05, 0) is 66.9 Å². The third-order valence-electron chi connectivity index (χ3n) is 7.37. The lowest BCUT2D eigenvalue weighted by atomic mass is 9.89. The van der Waals surface area contributed by atoms with Gasteiger partial charge in [-0.1, -0.05) is 23.3 Å². The predicted molar refractivity (Wildman–Crippen MR) is 152 cm³/mol. The fourth-order valence-corrected chi connectivity index (χ4v) is 5.86. The second kappa shape index (κ2) is 10.8.